The molecule has 5 N–H and O–H groups in total. The summed E-state index contributed by atoms with van der Waals surface area (Å²) >= 11 is 0. The maximum atomic E-state index is 5.19. The molecule has 0 aliphatic carbocycles. The Kier molecular flexibility index (Phi) is 5.46. The van der Waals surface area contributed by atoms with Gasteiger partial charge in [-0.15, -0.1) is 0 Å². The molecule has 0 atom stereocenters. The zero-order valence-corrected chi connectivity index (χ0v) is 8.93. The van der Waals surface area contributed by atoms with Gasteiger partial charge in [-0.25, -0.2) is 0 Å². The van der Waals surface area contributed by atoms with Crippen LogP contribution in [0.5, 0.6) is 0 Å². The number of hydrogen-bond acceptors (Lipinski definition) is 2. The van der Waals surface area contributed by atoms with Crippen molar-refractivity contribution in [3.63, 3.8) is 0 Å². The van der Waals surface area contributed by atoms with E-state index < -0.39 is 0 Å². The first kappa shape index (κ1) is 12.2. The molecule has 0 unspecified atom stereocenters. The van der Waals surface area contributed by atoms with Gasteiger partial charge in [0.2, 0.25) is 0 Å². The second-order valence-corrected chi connectivity index (χ2v) is 4.19. The molecule has 78 valence electrons. The molecule has 0 aromatic rings. The normalized spacial score (nSPS) is 11.3. The number of rotatable bonds is 5. The highest BCUT2D eigenvalue weighted by Crippen LogP contribution is 1.98. The van der Waals surface area contributed by atoms with Crippen LogP contribution in [-0.2, 0) is 0 Å². The van der Waals surface area contributed by atoms with Gasteiger partial charge in [-0.1, -0.05) is 0 Å². The summed E-state index contributed by atoms with van der Waals surface area (Å²) in [6.07, 6.45) is 2.13. The number of aliphatic imine (C=N–C) groups is 1. The number of hydrogen-bond donors (Lipinski definition) is 3. The molecule has 0 aromatic heterocycles. The average Bonchev–Trinajstić information content (AvgIpc) is 1.93. The van der Waals surface area contributed by atoms with Gasteiger partial charge in [-0.3, -0.25) is 4.99 Å². The summed E-state index contributed by atoms with van der Waals surface area (Å²) in [6, 6.07) is 0. The van der Waals surface area contributed by atoms with Gasteiger partial charge < -0.3 is 16.8 Å². The molecular formula is C9H22N4. The standard InChI is InChI=1S/C9H22N4/c1-9(2,3)13-7-5-4-6-12-8(10)11/h13H,4-7H2,1-3H3,(H4,10,11,12). The molecule has 4 nitrogen and oxygen atoms in total. The van der Waals surface area contributed by atoms with E-state index in [-0.39, 0.29) is 11.5 Å². The summed E-state index contributed by atoms with van der Waals surface area (Å²) < 4.78 is 0. The average molecular weight is 186 g/mol. The van der Waals surface area contributed by atoms with Crippen molar-refractivity contribution in [2.24, 2.45) is 16.5 Å². The molecule has 0 aliphatic heterocycles. The van der Waals surface area contributed by atoms with Crippen LogP contribution in [0.15, 0.2) is 4.99 Å². The van der Waals surface area contributed by atoms with E-state index in [4.69, 9.17) is 11.5 Å². The lowest BCUT2D eigenvalue weighted by Gasteiger charge is -2.20. The van der Waals surface area contributed by atoms with Crippen LogP contribution in [0.1, 0.15) is 33.6 Å². The Bertz CT molecular complexity index is 153. The smallest absolute Gasteiger partial charge is 0.185 e. The van der Waals surface area contributed by atoms with E-state index in [0.29, 0.717) is 0 Å². The third-order valence-corrected chi connectivity index (χ3v) is 1.53. The summed E-state index contributed by atoms with van der Waals surface area (Å²) in [4.78, 5) is 3.90. The molecule has 0 aliphatic rings. The molecule has 0 amide bonds. The van der Waals surface area contributed by atoms with Gasteiger partial charge in [0.1, 0.15) is 0 Å². The van der Waals surface area contributed by atoms with Gasteiger partial charge in [-0.05, 0) is 40.2 Å². The first-order valence-corrected chi connectivity index (χ1v) is 4.72. The highest BCUT2D eigenvalue weighted by atomic mass is 15.0. The van der Waals surface area contributed by atoms with Crippen LogP contribution in [0.25, 0.3) is 0 Å². The third-order valence-electron chi connectivity index (χ3n) is 1.53. The third kappa shape index (κ3) is 11.2. The van der Waals surface area contributed by atoms with E-state index in [2.05, 4.69) is 31.1 Å². The molecule has 13 heavy (non-hydrogen) atoms. The van der Waals surface area contributed by atoms with Crippen molar-refractivity contribution in [1.82, 2.24) is 5.32 Å². The lowest BCUT2D eigenvalue weighted by atomic mass is 10.1. The van der Waals surface area contributed by atoms with Crippen molar-refractivity contribution in [1.29, 1.82) is 0 Å². The van der Waals surface area contributed by atoms with Gasteiger partial charge in [-0.2, -0.15) is 0 Å². The van der Waals surface area contributed by atoms with Gasteiger partial charge in [0.05, 0.1) is 0 Å². The van der Waals surface area contributed by atoms with Gasteiger partial charge in [0.25, 0.3) is 0 Å². The molecule has 4 heteroatoms. The Morgan fingerprint density at radius 2 is 1.85 bits per heavy atom. The van der Waals surface area contributed by atoms with E-state index in [1.165, 1.54) is 0 Å². The zero-order chi connectivity index (χ0) is 10.3. The largest absolute Gasteiger partial charge is 0.370 e. The van der Waals surface area contributed by atoms with Gasteiger partial charge in [0, 0.05) is 12.1 Å². The molecule has 0 spiro atoms. The summed E-state index contributed by atoms with van der Waals surface area (Å²) in [5.41, 5.74) is 10.6. The van der Waals surface area contributed by atoms with Crippen LogP contribution in [-0.4, -0.2) is 24.6 Å². The van der Waals surface area contributed by atoms with Crippen molar-refractivity contribution in [2.45, 2.75) is 39.2 Å². The Hall–Kier alpha value is -0.770. The minimum absolute atomic E-state index is 0.184. The second-order valence-electron chi connectivity index (χ2n) is 4.19. The summed E-state index contributed by atoms with van der Waals surface area (Å²) in [5, 5.41) is 3.40. The maximum absolute atomic E-state index is 5.19. The van der Waals surface area contributed by atoms with E-state index in [0.717, 1.165) is 25.9 Å². The summed E-state index contributed by atoms with van der Waals surface area (Å²) in [7, 11) is 0. The molecule has 0 radical (unpaired) electrons. The Labute approximate surface area is 80.8 Å². The summed E-state index contributed by atoms with van der Waals surface area (Å²) in [5.74, 6) is 0.184. The lowest BCUT2D eigenvalue weighted by molar-refractivity contribution is 0.419. The number of nitrogens with zero attached hydrogens (tertiary/aromatic N) is 1. The molecule has 0 heterocycles. The molecule has 0 fully saturated rings. The molecular weight excluding hydrogens is 164 g/mol. The highest BCUT2D eigenvalue weighted by Gasteiger charge is 2.06. The van der Waals surface area contributed by atoms with Crippen LogP contribution < -0.4 is 16.8 Å². The Morgan fingerprint density at radius 3 is 2.31 bits per heavy atom. The Morgan fingerprint density at radius 1 is 1.23 bits per heavy atom. The number of nitrogens with one attached hydrogen (secondary N) is 1. The van der Waals surface area contributed by atoms with Gasteiger partial charge in [0.15, 0.2) is 5.96 Å². The SMILES string of the molecule is CC(C)(C)NCCCCN=C(N)N. The van der Waals surface area contributed by atoms with Crippen molar-refractivity contribution in [3.8, 4) is 0 Å². The fourth-order valence-corrected chi connectivity index (χ4v) is 0.908. The maximum Gasteiger partial charge on any atom is 0.185 e. The molecule has 0 rings (SSSR count). The van der Waals surface area contributed by atoms with Crippen molar-refractivity contribution >= 4 is 5.96 Å². The topological polar surface area (TPSA) is 76.4 Å². The highest BCUT2D eigenvalue weighted by molar-refractivity contribution is 5.75. The van der Waals surface area contributed by atoms with Crippen molar-refractivity contribution in [3.05, 3.63) is 0 Å². The molecule has 0 bridgehead atoms. The fraction of sp³-hybridized carbons (Fsp3) is 0.889. The number of nitrogens with two attached hydrogens (primary N) is 2. The van der Waals surface area contributed by atoms with Crippen LogP contribution >= 0.6 is 0 Å². The van der Waals surface area contributed by atoms with Crippen LogP contribution in [0.3, 0.4) is 0 Å². The van der Waals surface area contributed by atoms with Gasteiger partial charge >= 0.3 is 0 Å². The minimum atomic E-state index is 0.184. The monoisotopic (exact) mass is 186 g/mol. The minimum Gasteiger partial charge on any atom is -0.370 e. The predicted octanol–water partition coefficient (Wildman–Crippen LogP) is 0.428. The first-order chi connectivity index (χ1) is 5.92. The van der Waals surface area contributed by atoms with E-state index >= 15 is 0 Å². The predicted molar refractivity (Wildman–Crippen MR) is 57.7 cm³/mol. The lowest BCUT2D eigenvalue weighted by Crippen LogP contribution is -2.36. The van der Waals surface area contributed by atoms with Crippen LogP contribution in [0.4, 0.5) is 0 Å². The van der Waals surface area contributed by atoms with E-state index in [1.54, 1.807) is 0 Å². The second kappa shape index (κ2) is 5.80. The molecule has 0 saturated heterocycles. The van der Waals surface area contributed by atoms with Crippen LogP contribution in [0, 0.1) is 0 Å². The Balaban J connectivity index is 3.23. The first-order valence-electron chi connectivity index (χ1n) is 4.72. The van der Waals surface area contributed by atoms with Crippen LogP contribution in [0.2, 0.25) is 0 Å². The number of unbranched alkanes of at least 4 members (excludes halogenated alkanes) is 1. The molecule has 0 saturated carbocycles. The molecule has 0 aromatic carbocycles. The van der Waals surface area contributed by atoms with Crippen molar-refractivity contribution < 1.29 is 0 Å². The number of guanidine groups is 1. The quantitative estimate of drug-likeness (QED) is 0.331. The summed E-state index contributed by atoms with van der Waals surface area (Å²) in [6.45, 7) is 8.22. The fourth-order valence-electron chi connectivity index (χ4n) is 0.908. The van der Waals surface area contributed by atoms with E-state index in [1.807, 2.05) is 0 Å². The van der Waals surface area contributed by atoms with Crippen molar-refractivity contribution in [2.75, 3.05) is 13.1 Å². The van der Waals surface area contributed by atoms with E-state index in [9.17, 15) is 0 Å². The zero-order valence-electron chi connectivity index (χ0n) is 8.93.